The third-order valence-corrected chi connectivity index (χ3v) is 6.10. The van der Waals surface area contributed by atoms with Crippen LogP contribution in [-0.2, 0) is 34.2 Å². The Bertz CT molecular complexity index is 700. The number of amides is 1. The molecule has 1 heterocycles. The SMILES string of the molecule is CS(=O)(=O)N1CCC[C@H]1C(=O)NCc1ccc2c(c1)CCCC2. The van der Waals surface area contributed by atoms with Gasteiger partial charge in [0.1, 0.15) is 6.04 Å². The highest BCUT2D eigenvalue weighted by atomic mass is 32.2. The van der Waals surface area contributed by atoms with Crippen LogP contribution in [0, 0.1) is 0 Å². The first-order valence-electron chi connectivity index (χ1n) is 8.30. The number of hydrogen-bond acceptors (Lipinski definition) is 3. The van der Waals surface area contributed by atoms with Crippen molar-refractivity contribution in [2.45, 2.75) is 51.1 Å². The van der Waals surface area contributed by atoms with Gasteiger partial charge in [-0.2, -0.15) is 4.31 Å². The van der Waals surface area contributed by atoms with Crippen LogP contribution in [0.5, 0.6) is 0 Å². The van der Waals surface area contributed by atoms with E-state index in [1.807, 2.05) is 0 Å². The molecule has 2 aliphatic rings. The minimum absolute atomic E-state index is 0.189. The van der Waals surface area contributed by atoms with Crippen LogP contribution >= 0.6 is 0 Å². The molecule has 1 aliphatic carbocycles. The molecule has 1 aromatic carbocycles. The second-order valence-corrected chi connectivity index (χ2v) is 8.49. The molecule has 23 heavy (non-hydrogen) atoms. The van der Waals surface area contributed by atoms with E-state index in [-0.39, 0.29) is 5.91 Å². The minimum atomic E-state index is -3.32. The Morgan fingerprint density at radius 3 is 2.70 bits per heavy atom. The van der Waals surface area contributed by atoms with Crippen molar-refractivity contribution in [1.29, 1.82) is 0 Å². The highest BCUT2D eigenvalue weighted by molar-refractivity contribution is 7.88. The predicted octanol–water partition coefficient (Wildman–Crippen LogP) is 1.61. The lowest BCUT2D eigenvalue weighted by molar-refractivity contribution is -0.124. The van der Waals surface area contributed by atoms with Crippen LogP contribution in [0.4, 0.5) is 0 Å². The molecule has 0 unspecified atom stereocenters. The molecule has 0 radical (unpaired) electrons. The van der Waals surface area contributed by atoms with Crippen molar-refractivity contribution >= 4 is 15.9 Å². The summed E-state index contributed by atoms with van der Waals surface area (Å²) in [7, 11) is -3.32. The van der Waals surface area contributed by atoms with Gasteiger partial charge < -0.3 is 5.32 Å². The monoisotopic (exact) mass is 336 g/mol. The molecular weight excluding hydrogens is 312 g/mol. The third kappa shape index (κ3) is 3.75. The summed E-state index contributed by atoms with van der Waals surface area (Å²) in [6.45, 7) is 0.899. The fourth-order valence-electron chi connectivity index (χ4n) is 3.60. The quantitative estimate of drug-likeness (QED) is 0.908. The van der Waals surface area contributed by atoms with Crippen molar-refractivity contribution in [3.63, 3.8) is 0 Å². The number of rotatable bonds is 4. The number of carbonyl (C=O) groups is 1. The zero-order valence-corrected chi connectivity index (χ0v) is 14.4. The summed E-state index contributed by atoms with van der Waals surface area (Å²) in [5, 5.41) is 2.90. The second kappa shape index (κ2) is 6.61. The lowest BCUT2D eigenvalue weighted by Crippen LogP contribution is -2.45. The number of fused-ring (bicyclic) bond motifs is 1. The van der Waals surface area contributed by atoms with Gasteiger partial charge in [-0.25, -0.2) is 8.42 Å². The maximum Gasteiger partial charge on any atom is 0.238 e. The largest absolute Gasteiger partial charge is 0.351 e. The number of nitrogens with one attached hydrogen (secondary N) is 1. The van der Waals surface area contributed by atoms with Crippen molar-refractivity contribution < 1.29 is 13.2 Å². The Hall–Kier alpha value is -1.40. The van der Waals surface area contributed by atoms with Crippen molar-refractivity contribution in [2.24, 2.45) is 0 Å². The molecule has 1 fully saturated rings. The molecule has 5 nitrogen and oxygen atoms in total. The molecule has 1 saturated heterocycles. The topological polar surface area (TPSA) is 66.5 Å². The van der Waals surface area contributed by atoms with Crippen LogP contribution in [0.25, 0.3) is 0 Å². The van der Waals surface area contributed by atoms with Crippen LogP contribution < -0.4 is 5.32 Å². The third-order valence-electron chi connectivity index (χ3n) is 4.81. The van der Waals surface area contributed by atoms with E-state index in [0.29, 0.717) is 19.5 Å². The van der Waals surface area contributed by atoms with E-state index in [0.717, 1.165) is 24.8 Å². The van der Waals surface area contributed by atoms with E-state index in [2.05, 4.69) is 23.5 Å². The van der Waals surface area contributed by atoms with Crippen molar-refractivity contribution in [3.05, 3.63) is 34.9 Å². The Morgan fingerprint density at radius 1 is 1.22 bits per heavy atom. The first kappa shape index (κ1) is 16.5. The summed E-state index contributed by atoms with van der Waals surface area (Å²) >= 11 is 0. The van der Waals surface area contributed by atoms with Crippen molar-refractivity contribution in [3.8, 4) is 0 Å². The summed E-state index contributed by atoms with van der Waals surface area (Å²) in [5.41, 5.74) is 3.90. The van der Waals surface area contributed by atoms with Gasteiger partial charge in [0, 0.05) is 13.1 Å². The molecule has 1 atom stereocenters. The van der Waals surface area contributed by atoms with Gasteiger partial charge in [-0.05, 0) is 55.2 Å². The molecule has 1 aromatic rings. The van der Waals surface area contributed by atoms with Gasteiger partial charge in [0.25, 0.3) is 0 Å². The Morgan fingerprint density at radius 2 is 1.96 bits per heavy atom. The molecule has 3 rings (SSSR count). The number of benzene rings is 1. The average molecular weight is 336 g/mol. The fourth-order valence-corrected chi connectivity index (χ4v) is 4.73. The van der Waals surface area contributed by atoms with Crippen molar-refractivity contribution in [2.75, 3.05) is 12.8 Å². The second-order valence-electron chi connectivity index (χ2n) is 6.56. The van der Waals surface area contributed by atoms with E-state index in [1.165, 1.54) is 34.5 Å². The van der Waals surface area contributed by atoms with Crippen LogP contribution in [0.1, 0.15) is 42.4 Å². The lowest BCUT2D eigenvalue weighted by atomic mass is 9.90. The first-order chi connectivity index (χ1) is 10.9. The highest BCUT2D eigenvalue weighted by Crippen LogP contribution is 2.23. The zero-order valence-electron chi connectivity index (χ0n) is 13.5. The average Bonchev–Trinajstić information content (AvgIpc) is 3.02. The molecular formula is C17H24N2O3S. The number of carbonyl (C=O) groups excluding carboxylic acids is 1. The van der Waals surface area contributed by atoms with Gasteiger partial charge in [-0.3, -0.25) is 4.79 Å². The molecule has 0 spiro atoms. The Kier molecular flexibility index (Phi) is 4.73. The van der Waals surface area contributed by atoms with Gasteiger partial charge >= 0.3 is 0 Å². The number of sulfonamides is 1. The molecule has 1 aliphatic heterocycles. The summed E-state index contributed by atoms with van der Waals surface area (Å²) in [6.07, 6.45) is 7.25. The Balaban J connectivity index is 1.63. The van der Waals surface area contributed by atoms with Gasteiger partial charge in [-0.15, -0.1) is 0 Å². The molecule has 0 saturated carbocycles. The maximum atomic E-state index is 12.3. The van der Waals surface area contributed by atoms with E-state index < -0.39 is 16.1 Å². The molecule has 0 aromatic heterocycles. The van der Waals surface area contributed by atoms with E-state index in [1.54, 1.807) is 0 Å². The summed E-state index contributed by atoms with van der Waals surface area (Å²) in [5.74, 6) is -0.189. The number of aryl methyl sites for hydroxylation is 2. The first-order valence-corrected chi connectivity index (χ1v) is 10.2. The number of nitrogens with zero attached hydrogens (tertiary/aromatic N) is 1. The van der Waals surface area contributed by atoms with Gasteiger partial charge in [-0.1, -0.05) is 18.2 Å². The summed E-state index contributed by atoms with van der Waals surface area (Å²) < 4.78 is 24.8. The number of hydrogen-bond donors (Lipinski definition) is 1. The molecule has 0 bridgehead atoms. The van der Waals surface area contributed by atoms with E-state index in [9.17, 15) is 13.2 Å². The van der Waals surface area contributed by atoms with Crippen molar-refractivity contribution in [1.82, 2.24) is 9.62 Å². The zero-order chi connectivity index (χ0) is 16.4. The predicted molar refractivity (Wildman–Crippen MR) is 89.5 cm³/mol. The highest BCUT2D eigenvalue weighted by Gasteiger charge is 2.36. The van der Waals surface area contributed by atoms with Crippen LogP contribution in [0.2, 0.25) is 0 Å². The molecule has 1 amide bonds. The van der Waals surface area contributed by atoms with Gasteiger partial charge in [0.05, 0.1) is 6.26 Å². The maximum absolute atomic E-state index is 12.3. The van der Waals surface area contributed by atoms with Gasteiger partial charge in [0.2, 0.25) is 15.9 Å². The van der Waals surface area contributed by atoms with Gasteiger partial charge in [0.15, 0.2) is 0 Å². The minimum Gasteiger partial charge on any atom is -0.351 e. The standard InChI is InChI=1S/C17H24N2O3S/c1-23(21,22)19-10-4-7-16(19)17(20)18-12-13-8-9-14-5-2-3-6-15(14)11-13/h8-9,11,16H,2-7,10,12H2,1H3,(H,18,20)/t16-/m0/s1. The molecule has 1 N–H and O–H groups in total. The smallest absolute Gasteiger partial charge is 0.238 e. The van der Waals surface area contributed by atoms with Crippen LogP contribution in [0.15, 0.2) is 18.2 Å². The summed E-state index contributed by atoms with van der Waals surface area (Å²) in [4.78, 5) is 12.3. The van der Waals surface area contributed by atoms with Crippen LogP contribution in [0.3, 0.4) is 0 Å². The summed E-state index contributed by atoms with van der Waals surface area (Å²) in [6, 6.07) is 5.85. The van der Waals surface area contributed by atoms with Crippen LogP contribution in [-0.4, -0.2) is 37.5 Å². The molecule has 6 heteroatoms. The Labute approximate surface area is 138 Å². The normalized spacial score (nSPS) is 21.9. The fraction of sp³-hybridized carbons (Fsp3) is 0.588. The van der Waals surface area contributed by atoms with E-state index >= 15 is 0 Å². The lowest BCUT2D eigenvalue weighted by Gasteiger charge is -2.21. The van der Waals surface area contributed by atoms with E-state index in [4.69, 9.17) is 0 Å². The molecule has 126 valence electrons.